The van der Waals surface area contributed by atoms with E-state index < -0.39 is 0 Å². The van der Waals surface area contributed by atoms with E-state index in [-0.39, 0.29) is 24.0 Å². The van der Waals surface area contributed by atoms with Crippen molar-refractivity contribution in [2.24, 2.45) is 0 Å². The zero-order chi connectivity index (χ0) is 17.5. The summed E-state index contributed by atoms with van der Waals surface area (Å²) in [4.78, 5) is 0. The van der Waals surface area contributed by atoms with E-state index in [1.807, 2.05) is 37.4 Å². The summed E-state index contributed by atoms with van der Waals surface area (Å²) in [6, 6.07) is 10.3. The zero-order valence-corrected chi connectivity index (χ0v) is 27.0. The number of benzene rings is 1. The van der Waals surface area contributed by atoms with Crippen molar-refractivity contribution < 1.29 is 13.3 Å². The molecule has 0 saturated carbocycles. The first kappa shape index (κ1) is 34.0. The van der Waals surface area contributed by atoms with Crippen molar-refractivity contribution >= 4 is 122 Å². The molecule has 23 heavy (non-hydrogen) atoms. The number of nitrogens with one attached hydrogen (secondary N) is 1. The summed E-state index contributed by atoms with van der Waals surface area (Å²) in [5.41, 5.74) is 1.33. The monoisotopic (exact) mass is 1030 g/mol. The van der Waals surface area contributed by atoms with Crippen LogP contribution in [0.1, 0.15) is 5.56 Å². The maximum atomic E-state index is 5.48. The molecular formula is C14H20Cl2I6N-. The Labute approximate surface area is 221 Å². The molecular weight excluding hydrogens is 1010 g/mol. The number of alkyl halides is 2. The van der Waals surface area contributed by atoms with Crippen molar-refractivity contribution in [2.75, 3.05) is 18.8 Å². The maximum absolute atomic E-state index is 5.48. The molecule has 1 rings (SSSR count). The van der Waals surface area contributed by atoms with Crippen molar-refractivity contribution in [1.82, 2.24) is 5.32 Å². The molecule has 9 heteroatoms. The first-order chi connectivity index (χ1) is 10.8. The van der Waals surface area contributed by atoms with Gasteiger partial charge >= 0.3 is 50.5 Å². The van der Waals surface area contributed by atoms with Crippen molar-refractivity contribution in [3.8, 4) is 0 Å². The van der Waals surface area contributed by atoms with Crippen LogP contribution < -0.4 is 18.6 Å². The molecule has 138 valence electrons. The summed E-state index contributed by atoms with van der Waals surface area (Å²) < 4.78 is 0. The van der Waals surface area contributed by atoms with Crippen molar-refractivity contribution in [3.63, 3.8) is 0 Å². The zero-order valence-electron chi connectivity index (χ0n) is 12.4. The van der Waals surface area contributed by atoms with E-state index in [4.69, 9.17) is 23.2 Å². The number of hydrogen-bond acceptors (Lipinski definition) is 1. The van der Waals surface area contributed by atoms with E-state index in [1.165, 1.54) is 5.56 Å². The molecule has 0 spiro atoms. The molecule has 0 saturated heterocycles. The summed E-state index contributed by atoms with van der Waals surface area (Å²) in [6.07, 6.45) is 8.67. The average Bonchev–Trinajstić information content (AvgIpc) is 2.57. The van der Waals surface area contributed by atoms with Crippen molar-refractivity contribution in [1.29, 1.82) is 0 Å². The summed E-state index contributed by atoms with van der Waals surface area (Å²) in [7, 11) is 1.84. The Balaban J connectivity index is -0.000000129. The Morgan fingerprint density at radius 1 is 1.00 bits per heavy atom. The van der Waals surface area contributed by atoms with Crippen LogP contribution >= 0.6 is 122 Å². The molecule has 0 heterocycles. The third-order valence-corrected chi connectivity index (χ3v) is 2.18. The number of halogens is 8. The van der Waals surface area contributed by atoms with Gasteiger partial charge in [0, 0.05) is 56.0 Å². The molecule has 0 amide bonds. The number of rotatable bonds is 5. The van der Waals surface area contributed by atoms with Gasteiger partial charge in [-0.1, -0.05) is 48.6 Å². The van der Waals surface area contributed by atoms with E-state index in [0.717, 1.165) is 6.42 Å². The van der Waals surface area contributed by atoms with E-state index in [9.17, 15) is 0 Å². The molecule has 0 atom stereocenters. The summed E-state index contributed by atoms with van der Waals surface area (Å²) in [5, 5.41) is 2.80. The van der Waals surface area contributed by atoms with Gasteiger partial charge in [0.05, 0.1) is 0 Å². The van der Waals surface area contributed by atoms with Crippen LogP contribution in [0.3, 0.4) is 0 Å². The Morgan fingerprint density at radius 3 is 1.83 bits per heavy atom. The SMILES string of the molecule is CNC=CCCl.ClCC=CCc1ccccc1.I.II.I[I-]I. The van der Waals surface area contributed by atoms with Gasteiger partial charge in [0.15, 0.2) is 0 Å². The summed E-state index contributed by atoms with van der Waals surface area (Å²) in [5.74, 6) is 1.19. The van der Waals surface area contributed by atoms with Crippen LogP contribution in [0, 0.1) is 0 Å². The average molecular weight is 1030 g/mol. The van der Waals surface area contributed by atoms with Crippen LogP contribution in [0.15, 0.2) is 54.8 Å². The topological polar surface area (TPSA) is 12.0 Å². The van der Waals surface area contributed by atoms with Gasteiger partial charge in [0.2, 0.25) is 0 Å². The second-order valence-corrected chi connectivity index (χ2v) is 20.1. The molecule has 0 aliphatic heterocycles. The van der Waals surface area contributed by atoms with Crippen LogP contribution in [0.25, 0.3) is 0 Å². The van der Waals surface area contributed by atoms with Gasteiger partial charge < -0.3 is 5.32 Å². The first-order valence-electron chi connectivity index (χ1n) is 5.91. The molecule has 0 bridgehead atoms. The van der Waals surface area contributed by atoms with Gasteiger partial charge in [-0.05, 0) is 18.2 Å². The molecule has 0 aliphatic rings. The third-order valence-electron chi connectivity index (χ3n) is 1.83. The van der Waals surface area contributed by atoms with Crippen LogP contribution in [-0.2, 0) is 6.42 Å². The Kier molecular flexibility index (Phi) is 53.8. The first-order valence-corrected chi connectivity index (χ1v) is 25.8. The fourth-order valence-corrected chi connectivity index (χ4v) is 1.27. The van der Waals surface area contributed by atoms with E-state index in [1.54, 1.807) is 6.20 Å². The number of allylic oxidation sites excluding steroid dienone is 3. The molecule has 1 N–H and O–H groups in total. The van der Waals surface area contributed by atoms with E-state index in [0.29, 0.717) is 25.0 Å². The van der Waals surface area contributed by atoms with Crippen LogP contribution in [0.2, 0.25) is 0 Å². The van der Waals surface area contributed by atoms with Crippen LogP contribution in [0.4, 0.5) is 0 Å². The predicted molar refractivity (Wildman–Crippen MR) is 150 cm³/mol. The molecule has 0 aromatic heterocycles. The normalized spacial score (nSPS) is 8.83. The minimum atomic E-state index is 0. The third kappa shape index (κ3) is 37.0. The Bertz CT molecular complexity index is 333. The molecule has 0 fully saturated rings. The van der Waals surface area contributed by atoms with Gasteiger partial charge in [-0.2, -0.15) is 0 Å². The molecule has 1 aromatic carbocycles. The quantitative estimate of drug-likeness (QED) is 0.245. The second-order valence-electron chi connectivity index (χ2n) is 3.21. The molecule has 1 nitrogen and oxygen atoms in total. The van der Waals surface area contributed by atoms with Gasteiger partial charge in [0.1, 0.15) is 0 Å². The Hall–Kier alpha value is 3.46. The molecule has 0 aliphatic carbocycles. The van der Waals surface area contributed by atoms with E-state index in [2.05, 4.69) is 98.0 Å². The predicted octanol–water partition coefficient (Wildman–Crippen LogP) is 5.15. The molecule has 0 radical (unpaired) electrons. The van der Waals surface area contributed by atoms with Crippen LogP contribution in [-0.4, -0.2) is 18.8 Å². The summed E-state index contributed by atoms with van der Waals surface area (Å²) in [6.45, 7) is 0. The van der Waals surface area contributed by atoms with E-state index >= 15 is 0 Å². The van der Waals surface area contributed by atoms with Gasteiger partial charge in [-0.3, -0.25) is 0 Å². The number of hydrogen-bond donors (Lipinski definition) is 1. The van der Waals surface area contributed by atoms with Gasteiger partial charge in [-0.25, -0.2) is 0 Å². The fourth-order valence-electron chi connectivity index (χ4n) is 1.06. The second kappa shape index (κ2) is 36.4. The molecule has 0 unspecified atom stereocenters. The Morgan fingerprint density at radius 2 is 1.48 bits per heavy atom. The van der Waals surface area contributed by atoms with Crippen molar-refractivity contribution in [2.45, 2.75) is 6.42 Å². The molecule has 1 aromatic rings. The summed E-state index contributed by atoms with van der Waals surface area (Å²) >= 11 is 20.3. The standard InChI is InChI=1S/C10H11Cl.C4H8ClN.I3.I2.HI/c11-9-5-4-8-10-6-2-1-3-7-10;1-6-4-2-3-5;1-3-2;1-2;/h1-7H,8-9H2;2,4,6H,3H2,1H3;;;1H/q;;-1;;. The minimum absolute atomic E-state index is 0. The van der Waals surface area contributed by atoms with Gasteiger partial charge in [0.25, 0.3) is 0 Å². The van der Waals surface area contributed by atoms with Gasteiger partial charge in [-0.15, -0.1) is 47.2 Å². The van der Waals surface area contributed by atoms with Crippen LogP contribution in [0.5, 0.6) is 0 Å². The van der Waals surface area contributed by atoms with Crippen molar-refractivity contribution in [3.05, 3.63) is 60.3 Å². The fraction of sp³-hybridized carbons (Fsp3) is 0.286.